The molecule has 0 saturated heterocycles. The van der Waals surface area contributed by atoms with Crippen molar-refractivity contribution in [3.05, 3.63) is 36.1 Å². The van der Waals surface area contributed by atoms with Crippen LogP contribution in [0, 0.1) is 0 Å². The van der Waals surface area contributed by atoms with Gasteiger partial charge >= 0.3 is 5.97 Å². The van der Waals surface area contributed by atoms with Crippen LogP contribution in [0.5, 0.6) is 0 Å². The Morgan fingerprint density at radius 1 is 1.40 bits per heavy atom. The average Bonchev–Trinajstić information content (AvgIpc) is 2.59. The van der Waals surface area contributed by atoms with E-state index < -0.39 is 0 Å². The molecular weight excluding hydrogens is 192 g/mol. The molecule has 0 radical (unpaired) electrons. The lowest BCUT2D eigenvalue weighted by molar-refractivity contribution is -0.145. The normalized spacial score (nSPS) is 12.7. The summed E-state index contributed by atoms with van der Waals surface area (Å²) in [7, 11) is 0. The number of esters is 1. The highest BCUT2D eigenvalue weighted by molar-refractivity contribution is 5.81. The Morgan fingerprint density at radius 2 is 2.13 bits per heavy atom. The molecule has 0 fully saturated rings. The highest BCUT2D eigenvalue weighted by Crippen LogP contribution is 2.27. The van der Waals surface area contributed by atoms with Gasteiger partial charge in [-0.05, 0) is 13.0 Å². The van der Waals surface area contributed by atoms with Gasteiger partial charge in [0.1, 0.15) is 11.7 Å². The largest absolute Gasteiger partial charge is 0.464 e. The summed E-state index contributed by atoms with van der Waals surface area (Å²) in [5.41, 5.74) is 1.72. The lowest BCUT2D eigenvalue weighted by atomic mass is 10.1. The van der Waals surface area contributed by atoms with Gasteiger partial charge < -0.3 is 9.15 Å². The predicted molar refractivity (Wildman–Crippen MR) is 56.4 cm³/mol. The molecule has 0 bridgehead atoms. The zero-order chi connectivity index (χ0) is 10.8. The summed E-state index contributed by atoms with van der Waals surface area (Å²) in [6.45, 7) is 3.23. The number of benzene rings is 1. The summed E-state index contributed by atoms with van der Waals surface area (Å²) >= 11 is 0. The van der Waals surface area contributed by atoms with Crippen LogP contribution in [-0.4, -0.2) is 5.97 Å². The third-order valence-corrected chi connectivity index (χ3v) is 2.29. The molecule has 15 heavy (non-hydrogen) atoms. The quantitative estimate of drug-likeness (QED) is 0.706. The first-order valence-corrected chi connectivity index (χ1v) is 4.82. The maximum atomic E-state index is 10.8. The second-order valence-electron chi connectivity index (χ2n) is 3.44. The van der Waals surface area contributed by atoms with Crippen LogP contribution >= 0.6 is 0 Å². The fourth-order valence-electron chi connectivity index (χ4n) is 1.63. The number of ether oxygens (including phenoxy) is 1. The summed E-state index contributed by atoms with van der Waals surface area (Å²) in [5, 5.41) is 0.992. The predicted octanol–water partition coefficient (Wildman–Crippen LogP) is 3.06. The van der Waals surface area contributed by atoms with Gasteiger partial charge in [0, 0.05) is 17.9 Å². The van der Waals surface area contributed by atoms with Crippen LogP contribution in [0.25, 0.3) is 11.0 Å². The van der Waals surface area contributed by atoms with Gasteiger partial charge in [0.25, 0.3) is 0 Å². The maximum absolute atomic E-state index is 10.8. The van der Waals surface area contributed by atoms with Gasteiger partial charge in [0.2, 0.25) is 0 Å². The first-order chi connectivity index (χ1) is 7.18. The van der Waals surface area contributed by atoms with E-state index in [1.54, 1.807) is 6.26 Å². The summed E-state index contributed by atoms with van der Waals surface area (Å²) < 4.78 is 10.5. The topological polar surface area (TPSA) is 39.4 Å². The minimum atomic E-state index is -0.284. The fraction of sp³-hybridized carbons (Fsp3) is 0.250. The number of carbonyl (C=O) groups excluding carboxylic acids is 1. The molecule has 0 aliphatic rings. The Morgan fingerprint density at radius 3 is 2.87 bits per heavy atom. The van der Waals surface area contributed by atoms with Crippen molar-refractivity contribution in [3.8, 4) is 0 Å². The summed E-state index contributed by atoms with van der Waals surface area (Å²) in [6.07, 6.45) is 1.37. The van der Waals surface area contributed by atoms with Crippen molar-refractivity contribution < 1.29 is 13.9 Å². The minimum Gasteiger partial charge on any atom is -0.464 e. The molecule has 1 unspecified atom stereocenters. The Labute approximate surface area is 87.6 Å². The number of rotatable bonds is 2. The lowest BCUT2D eigenvalue weighted by Gasteiger charge is -2.09. The smallest absolute Gasteiger partial charge is 0.303 e. The van der Waals surface area contributed by atoms with E-state index in [1.165, 1.54) is 6.92 Å². The molecule has 0 amide bonds. The van der Waals surface area contributed by atoms with E-state index in [1.807, 2.05) is 31.2 Å². The van der Waals surface area contributed by atoms with Crippen molar-refractivity contribution in [2.75, 3.05) is 0 Å². The van der Waals surface area contributed by atoms with Gasteiger partial charge in [-0.2, -0.15) is 0 Å². The molecular formula is C12H12O3. The van der Waals surface area contributed by atoms with Crippen LogP contribution in [0.1, 0.15) is 25.5 Å². The van der Waals surface area contributed by atoms with Crippen LogP contribution in [0.2, 0.25) is 0 Å². The van der Waals surface area contributed by atoms with Crippen molar-refractivity contribution in [2.24, 2.45) is 0 Å². The summed E-state index contributed by atoms with van der Waals surface area (Å²) in [4.78, 5) is 10.8. The Balaban J connectivity index is 2.39. The molecule has 1 atom stereocenters. The zero-order valence-corrected chi connectivity index (χ0v) is 8.69. The summed E-state index contributed by atoms with van der Waals surface area (Å²) in [6, 6.07) is 7.68. The molecule has 2 rings (SSSR count). The van der Waals surface area contributed by atoms with Gasteiger partial charge in [-0.25, -0.2) is 0 Å². The molecule has 3 nitrogen and oxygen atoms in total. The lowest BCUT2D eigenvalue weighted by Crippen LogP contribution is -2.03. The van der Waals surface area contributed by atoms with Crippen molar-refractivity contribution >= 4 is 16.9 Å². The molecule has 1 heterocycles. The first-order valence-electron chi connectivity index (χ1n) is 4.82. The molecule has 3 heteroatoms. The first kappa shape index (κ1) is 9.77. The van der Waals surface area contributed by atoms with Crippen LogP contribution < -0.4 is 0 Å². The number of para-hydroxylation sites is 1. The van der Waals surface area contributed by atoms with Gasteiger partial charge in [-0.3, -0.25) is 4.79 Å². The highest BCUT2D eigenvalue weighted by atomic mass is 16.5. The molecule has 1 aromatic heterocycles. The monoisotopic (exact) mass is 204 g/mol. The molecule has 2 aromatic rings. The van der Waals surface area contributed by atoms with Crippen LogP contribution in [0.3, 0.4) is 0 Å². The molecule has 0 saturated carbocycles. The van der Waals surface area contributed by atoms with E-state index in [4.69, 9.17) is 9.15 Å². The third-order valence-electron chi connectivity index (χ3n) is 2.29. The zero-order valence-electron chi connectivity index (χ0n) is 8.69. The van der Waals surface area contributed by atoms with Crippen molar-refractivity contribution in [1.82, 2.24) is 0 Å². The number of furan rings is 1. The fourth-order valence-corrected chi connectivity index (χ4v) is 1.63. The Kier molecular flexibility index (Phi) is 2.46. The maximum Gasteiger partial charge on any atom is 0.303 e. The van der Waals surface area contributed by atoms with E-state index in [9.17, 15) is 4.79 Å². The van der Waals surface area contributed by atoms with Crippen molar-refractivity contribution in [1.29, 1.82) is 0 Å². The van der Waals surface area contributed by atoms with Crippen molar-refractivity contribution in [3.63, 3.8) is 0 Å². The molecule has 0 spiro atoms. The van der Waals surface area contributed by atoms with E-state index in [-0.39, 0.29) is 12.1 Å². The van der Waals surface area contributed by atoms with Gasteiger partial charge in [0.15, 0.2) is 0 Å². The molecule has 78 valence electrons. The highest BCUT2D eigenvalue weighted by Gasteiger charge is 2.14. The number of hydrogen-bond donors (Lipinski definition) is 0. The van der Waals surface area contributed by atoms with Gasteiger partial charge in [-0.1, -0.05) is 18.2 Å². The van der Waals surface area contributed by atoms with E-state index in [2.05, 4.69) is 0 Å². The molecule has 0 aliphatic heterocycles. The minimum absolute atomic E-state index is 0.272. The van der Waals surface area contributed by atoms with E-state index in [0.29, 0.717) is 0 Å². The number of carbonyl (C=O) groups is 1. The summed E-state index contributed by atoms with van der Waals surface area (Å²) in [5.74, 6) is -0.284. The number of fused-ring (bicyclic) bond motifs is 1. The average molecular weight is 204 g/mol. The second-order valence-corrected chi connectivity index (χ2v) is 3.44. The van der Waals surface area contributed by atoms with Crippen molar-refractivity contribution in [2.45, 2.75) is 20.0 Å². The Hall–Kier alpha value is -1.77. The van der Waals surface area contributed by atoms with E-state index in [0.717, 1.165) is 16.5 Å². The SMILES string of the molecule is CC(=O)OC(C)c1coc2ccccc12. The standard InChI is InChI=1S/C12H12O3/c1-8(15-9(2)13)11-7-14-12-6-4-3-5-10(11)12/h3-8H,1-2H3. The second kappa shape index (κ2) is 3.77. The van der Waals surface area contributed by atoms with Gasteiger partial charge in [0.05, 0.1) is 6.26 Å². The van der Waals surface area contributed by atoms with Gasteiger partial charge in [-0.15, -0.1) is 0 Å². The third kappa shape index (κ3) is 1.86. The molecule has 1 aromatic carbocycles. The Bertz CT molecular complexity index is 484. The molecule has 0 aliphatic carbocycles. The molecule has 0 N–H and O–H groups in total. The number of hydrogen-bond acceptors (Lipinski definition) is 3. The van der Waals surface area contributed by atoms with Crippen LogP contribution in [0.4, 0.5) is 0 Å². The van der Waals surface area contributed by atoms with Crippen LogP contribution in [-0.2, 0) is 9.53 Å². The van der Waals surface area contributed by atoms with E-state index >= 15 is 0 Å². The van der Waals surface area contributed by atoms with Crippen LogP contribution in [0.15, 0.2) is 34.9 Å².